The number of benzene rings is 1. The molecule has 3 aromatic rings. The van der Waals surface area contributed by atoms with Gasteiger partial charge in [-0.05, 0) is 56.4 Å². The maximum absolute atomic E-state index is 12.6. The van der Waals surface area contributed by atoms with E-state index >= 15 is 0 Å². The predicted octanol–water partition coefficient (Wildman–Crippen LogP) is 5.01. The van der Waals surface area contributed by atoms with Gasteiger partial charge < -0.3 is 14.6 Å². The second kappa shape index (κ2) is 12.2. The molecule has 1 aliphatic rings. The van der Waals surface area contributed by atoms with Gasteiger partial charge in [0, 0.05) is 9.35 Å². The second-order valence-electron chi connectivity index (χ2n) is 7.97. The van der Waals surface area contributed by atoms with Crippen molar-refractivity contribution in [3.63, 3.8) is 0 Å². The van der Waals surface area contributed by atoms with Crippen LogP contribution in [0.2, 0.25) is 0 Å². The maximum atomic E-state index is 12.6. The number of halogens is 1. The number of aryl methyl sites for hydroxylation is 1. The number of anilines is 1. The van der Waals surface area contributed by atoms with Crippen molar-refractivity contribution in [2.24, 2.45) is 4.99 Å². The van der Waals surface area contributed by atoms with Gasteiger partial charge in [0.05, 0.1) is 40.4 Å². The van der Waals surface area contributed by atoms with Crippen molar-refractivity contribution in [1.82, 2.24) is 4.57 Å². The minimum absolute atomic E-state index is 0.0487. The first-order chi connectivity index (χ1) is 17.4. The van der Waals surface area contributed by atoms with E-state index in [1.165, 1.54) is 34.4 Å². The third-order valence-electron chi connectivity index (χ3n) is 5.48. The zero-order valence-corrected chi connectivity index (χ0v) is 23.6. The summed E-state index contributed by atoms with van der Waals surface area (Å²) >= 11 is 7.47. The van der Waals surface area contributed by atoms with Crippen molar-refractivity contribution in [3.8, 4) is 12.3 Å². The summed E-state index contributed by atoms with van der Waals surface area (Å²) in [5, 5.41) is 3.40. The van der Waals surface area contributed by atoms with Crippen LogP contribution in [0.5, 0.6) is 0 Å². The normalized spacial score (nSPS) is 13.3. The zero-order valence-electron chi connectivity index (χ0n) is 19.6. The number of hydrogen-bond donors (Lipinski definition) is 1. The van der Waals surface area contributed by atoms with Crippen molar-refractivity contribution in [2.45, 2.75) is 39.2 Å². The first-order valence-electron chi connectivity index (χ1n) is 11.4. The van der Waals surface area contributed by atoms with E-state index in [4.69, 9.17) is 11.2 Å². The lowest BCUT2D eigenvalue weighted by Crippen LogP contribution is -2.19. The van der Waals surface area contributed by atoms with Gasteiger partial charge in [0.15, 0.2) is 4.80 Å². The molecule has 0 unspecified atom stereocenters. The number of carbonyl (C=O) groups excluding carboxylic acids is 3. The lowest BCUT2D eigenvalue weighted by atomic mass is 9.95. The number of esters is 1. The zero-order chi connectivity index (χ0) is 25.7. The molecular formula is C25H24BrN3O4S3. The molecule has 11 heteroatoms. The number of thiophene rings is 1. The fourth-order valence-corrected chi connectivity index (χ4v) is 7.47. The van der Waals surface area contributed by atoms with Crippen LogP contribution in [-0.4, -0.2) is 40.5 Å². The van der Waals surface area contributed by atoms with Crippen molar-refractivity contribution < 1.29 is 19.1 Å². The van der Waals surface area contributed by atoms with Crippen LogP contribution in [0.15, 0.2) is 27.7 Å². The van der Waals surface area contributed by atoms with E-state index in [0.29, 0.717) is 21.9 Å². The number of amides is 2. The van der Waals surface area contributed by atoms with E-state index in [0.717, 1.165) is 50.8 Å². The Hall–Kier alpha value is -2.39. The van der Waals surface area contributed by atoms with Crippen LogP contribution in [0, 0.1) is 12.3 Å². The smallest absolute Gasteiger partial charge is 0.341 e. The quantitative estimate of drug-likeness (QED) is 0.288. The molecule has 0 bridgehead atoms. The van der Waals surface area contributed by atoms with Crippen LogP contribution < -0.4 is 10.1 Å². The molecule has 0 spiro atoms. The van der Waals surface area contributed by atoms with Crippen LogP contribution in [0.1, 0.15) is 40.6 Å². The molecule has 0 aliphatic heterocycles. The fraction of sp³-hybridized carbons (Fsp3) is 0.360. The molecule has 0 fully saturated rings. The molecule has 1 N–H and O–H groups in total. The van der Waals surface area contributed by atoms with Crippen LogP contribution in [0.4, 0.5) is 5.00 Å². The molecule has 0 saturated carbocycles. The summed E-state index contributed by atoms with van der Waals surface area (Å²) in [6.07, 6.45) is 9.32. The second-order valence-corrected chi connectivity index (χ2v) is 12.0. The van der Waals surface area contributed by atoms with Gasteiger partial charge in [-0.3, -0.25) is 9.59 Å². The molecule has 36 heavy (non-hydrogen) atoms. The molecule has 0 radical (unpaired) electrons. The molecule has 0 saturated heterocycles. The van der Waals surface area contributed by atoms with E-state index in [1.54, 1.807) is 6.92 Å². The molecule has 188 valence electrons. The molecule has 0 atom stereocenters. The van der Waals surface area contributed by atoms with E-state index < -0.39 is 5.97 Å². The average Bonchev–Trinajstić information content (AvgIpc) is 3.36. The summed E-state index contributed by atoms with van der Waals surface area (Å²) in [5.41, 5.74) is 2.39. The average molecular weight is 607 g/mol. The number of nitrogens with one attached hydrogen (secondary N) is 1. The SMILES string of the molecule is C#CCn1c(=NC(=O)CSCC(=O)Nc2sc3c(c2C(=O)OCC)CCCC3)sc2cc(Br)ccc21. The van der Waals surface area contributed by atoms with Gasteiger partial charge in [-0.1, -0.05) is 33.2 Å². The maximum Gasteiger partial charge on any atom is 0.341 e. The monoisotopic (exact) mass is 605 g/mol. The topological polar surface area (TPSA) is 89.8 Å². The van der Waals surface area contributed by atoms with Crippen molar-refractivity contribution in [1.29, 1.82) is 0 Å². The highest BCUT2D eigenvalue weighted by molar-refractivity contribution is 9.10. The van der Waals surface area contributed by atoms with Crippen molar-refractivity contribution in [2.75, 3.05) is 23.4 Å². The van der Waals surface area contributed by atoms with Crippen molar-refractivity contribution in [3.05, 3.63) is 43.5 Å². The molecular weight excluding hydrogens is 582 g/mol. The predicted molar refractivity (Wildman–Crippen MR) is 150 cm³/mol. The first kappa shape index (κ1) is 26.7. The Morgan fingerprint density at radius 1 is 1.25 bits per heavy atom. The number of terminal acetylenes is 1. The van der Waals surface area contributed by atoms with E-state index in [-0.39, 0.29) is 29.9 Å². The molecule has 2 heterocycles. The molecule has 2 amide bonds. The minimum Gasteiger partial charge on any atom is -0.462 e. The molecule has 7 nitrogen and oxygen atoms in total. The Labute approximate surface area is 229 Å². The number of fused-ring (bicyclic) bond motifs is 2. The lowest BCUT2D eigenvalue weighted by molar-refractivity contribution is -0.115. The number of thioether (sulfide) groups is 1. The van der Waals surface area contributed by atoms with Crippen LogP contribution in [-0.2, 0) is 33.7 Å². The Bertz CT molecular complexity index is 1430. The summed E-state index contributed by atoms with van der Waals surface area (Å²) in [4.78, 5) is 43.7. The van der Waals surface area contributed by atoms with Crippen LogP contribution >= 0.6 is 50.4 Å². The molecule has 2 aromatic heterocycles. The number of rotatable bonds is 8. The molecule has 1 aromatic carbocycles. The summed E-state index contributed by atoms with van der Waals surface area (Å²) in [7, 11) is 0. The van der Waals surface area contributed by atoms with E-state index in [1.807, 2.05) is 22.8 Å². The highest BCUT2D eigenvalue weighted by Crippen LogP contribution is 2.38. The third-order valence-corrected chi connectivity index (χ3v) is 9.14. The Morgan fingerprint density at radius 2 is 2.06 bits per heavy atom. The highest BCUT2D eigenvalue weighted by atomic mass is 79.9. The van der Waals surface area contributed by atoms with Crippen molar-refractivity contribution >= 4 is 83.4 Å². The summed E-state index contributed by atoms with van der Waals surface area (Å²) in [5.74, 6) is 1.71. The summed E-state index contributed by atoms with van der Waals surface area (Å²) < 4.78 is 8.97. The van der Waals surface area contributed by atoms with Crippen LogP contribution in [0.3, 0.4) is 0 Å². The molecule has 4 rings (SSSR count). The number of hydrogen-bond acceptors (Lipinski definition) is 7. The van der Waals surface area contributed by atoms with E-state index in [2.05, 4.69) is 32.2 Å². The lowest BCUT2D eigenvalue weighted by Gasteiger charge is -2.12. The number of ether oxygens (including phenoxy) is 1. The Morgan fingerprint density at radius 3 is 2.83 bits per heavy atom. The van der Waals surface area contributed by atoms with Gasteiger partial charge in [0.2, 0.25) is 5.91 Å². The van der Waals surface area contributed by atoms with E-state index in [9.17, 15) is 14.4 Å². The molecule has 1 aliphatic carbocycles. The van der Waals surface area contributed by atoms with Gasteiger partial charge >= 0.3 is 5.97 Å². The number of aromatic nitrogens is 1. The van der Waals surface area contributed by atoms with Crippen LogP contribution in [0.25, 0.3) is 10.2 Å². The van der Waals surface area contributed by atoms with Gasteiger partial charge in [-0.25, -0.2) is 4.79 Å². The Balaban J connectivity index is 1.41. The largest absolute Gasteiger partial charge is 0.462 e. The highest BCUT2D eigenvalue weighted by Gasteiger charge is 2.27. The van der Waals surface area contributed by atoms with Gasteiger partial charge in [-0.2, -0.15) is 4.99 Å². The number of nitrogens with zero attached hydrogens (tertiary/aromatic N) is 2. The summed E-state index contributed by atoms with van der Waals surface area (Å²) in [6, 6.07) is 5.81. The third kappa shape index (κ3) is 6.11. The standard InChI is InChI=1S/C25H24BrN3O4S3/c1-3-11-29-17-10-9-15(26)12-19(17)36-25(29)28-21(31)14-34-13-20(30)27-23-22(24(32)33-4-2)16-7-5-6-8-18(16)35-23/h1,9-10,12H,4-8,11,13-14H2,2H3,(H,27,30). The number of thiazole rings is 1. The van der Waals surface area contributed by atoms with Gasteiger partial charge in [0.25, 0.3) is 5.91 Å². The first-order valence-corrected chi connectivity index (χ1v) is 15.0. The summed E-state index contributed by atoms with van der Waals surface area (Å²) in [6.45, 7) is 2.34. The number of carbonyl (C=O) groups is 3. The van der Waals surface area contributed by atoms with Gasteiger partial charge in [0.1, 0.15) is 5.00 Å². The minimum atomic E-state index is -0.399. The van der Waals surface area contributed by atoms with Gasteiger partial charge in [-0.15, -0.1) is 29.5 Å². The Kier molecular flexibility index (Phi) is 9.06. The fourth-order valence-electron chi connectivity index (χ4n) is 3.98.